The summed E-state index contributed by atoms with van der Waals surface area (Å²) in [6, 6.07) is 12.6. The molecule has 2 aromatic carbocycles. The molecule has 1 saturated heterocycles. The van der Waals surface area contributed by atoms with Gasteiger partial charge in [0.2, 0.25) is 11.9 Å². The summed E-state index contributed by atoms with van der Waals surface area (Å²) in [6.45, 7) is 10.6. The van der Waals surface area contributed by atoms with Crippen LogP contribution in [0.25, 0.3) is 0 Å². The third-order valence-corrected chi connectivity index (χ3v) is 8.53. The average Bonchev–Trinajstić information content (AvgIpc) is 3.17. The Labute approximate surface area is 239 Å². The molecule has 39 heavy (non-hydrogen) atoms. The number of methoxy groups -OCH3 is 1. The zero-order valence-corrected chi connectivity index (χ0v) is 24.7. The Morgan fingerprint density at radius 2 is 2.00 bits per heavy atom. The van der Waals surface area contributed by atoms with Gasteiger partial charge in [0.05, 0.1) is 16.5 Å². The van der Waals surface area contributed by atoms with Gasteiger partial charge in [-0.05, 0) is 103 Å². The van der Waals surface area contributed by atoms with Gasteiger partial charge in [0.25, 0.3) is 0 Å². The average molecular weight is 594 g/mol. The minimum absolute atomic E-state index is 0.0218. The summed E-state index contributed by atoms with van der Waals surface area (Å²) in [7, 11) is 1.76. The number of hydrogen-bond acceptors (Lipinski definition) is 7. The van der Waals surface area contributed by atoms with E-state index in [1.54, 1.807) is 13.3 Å². The Morgan fingerprint density at radius 1 is 1.21 bits per heavy atom. The molecule has 0 saturated carbocycles. The van der Waals surface area contributed by atoms with Crippen LogP contribution in [0.15, 0.2) is 47.1 Å². The van der Waals surface area contributed by atoms with Gasteiger partial charge in [0, 0.05) is 37.8 Å². The molecule has 1 fully saturated rings. The summed E-state index contributed by atoms with van der Waals surface area (Å²) < 4.78 is 6.01. The Hall–Kier alpha value is -3.01. The Kier molecular flexibility index (Phi) is 8.21. The van der Waals surface area contributed by atoms with E-state index >= 15 is 0 Å². The third kappa shape index (κ3) is 5.95. The second-order valence-electron chi connectivity index (χ2n) is 11.0. The number of piperidine rings is 1. The number of fused-ring (bicyclic) bond motifs is 1. The third-order valence-electron chi connectivity index (χ3n) is 7.95. The molecule has 9 heteroatoms. The van der Waals surface area contributed by atoms with Gasteiger partial charge >= 0.3 is 0 Å². The van der Waals surface area contributed by atoms with E-state index in [4.69, 9.17) is 9.72 Å². The topological polar surface area (TPSA) is 91.4 Å². The predicted octanol–water partition coefficient (Wildman–Crippen LogP) is 5.96. The van der Waals surface area contributed by atoms with Gasteiger partial charge in [-0.1, -0.05) is 24.3 Å². The SMILES string of the molecule is COCCN1CCC(c2ccc(Nc3ncc(Br)c(NCc4cccc5c4C(C)(C)C(=O)N5)n3)c(C)c2)CC1. The number of amides is 1. The maximum atomic E-state index is 12.5. The van der Waals surface area contributed by atoms with Crippen molar-refractivity contribution >= 4 is 45.0 Å². The Bertz CT molecular complexity index is 1350. The van der Waals surface area contributed by atoms with E-state index < -0.39 is 5.41 Å². The fraction of sp³-hybridized carbons (Fsp3) is 0.433. The molecule has 0 unspecified atom stereocenters. The molecule has 3 N–H and O–H groups in total. The molecular formula is C30H37BrN6O2. The second kappa shape index (κ2) is 11.6. The van der Waals surface area contributed by atoms with Gasteiger partial charge in [-0.15, -0.1) is 0 Å². The zero-order valence-electron chi connectivity index (χ0n) is 23.1. The molecule has 0 atom stereocenters. The number of nitrogens with zero attached hydrogens (tertiary/aromatic N) is 3. The molecule has 1 amide bonds. The lowest BCUT2D eigenvalue weighted by Gasteiger charge is -2.32. The number of rotatable bonds is 9. The summed E-state index contributed by atoms with van der Waals surface area (Å²) in [6.07, 6.45) is 4.10. The number of anilines is 4. The summed E-state index contributed by atoms with van der Waals surface area (Å²) in [5.74, 6) is 1.83. The summed E-state index contributed by atoms with van der Waals surface area (Å²) >= 11 is 3.58. The minimum Gasteiger partial charge on any atom is -0.383 e. The number of carbonyl (C=O) groups is 1. The number of likely N-dealkylation sites (tertiary alicyclic amines) is 1. The number of aromatic nitrogens is 2. The fourth-order valence-corrected chi connectivity index (χ4v) is 5.96. The molecule has 2 aliphatic heterocycles. The Balaban J connectivity index is 1.25. The number of hydrogen-bond donors (Lipinski definition) is 3. The lowest BCUT2D eigenvalue weighted by atomic mass is 9.83. The highest BCUT2D eigenvalue weighted by molar-refractivity contribution is 9.10. The molecule has 206 valence electrons. The number of halogens is 1. The summed E-state index contributed by atoms with van der Waals surface area (Å²) in [5.41, 5.74) is 5.97. The first-order valence-corrected chi connectivity index (χ1v) is 14.3. The van der Waals surface area contributed by atoms with Crippen molar-refractivity contribution in [3.63, 3.8) is 0 Å². The van der Waals surface area contributed by atoms with Crippen molar-refractivity contribution in [2.75, 3.05) is 49.3 Å². The van der Waals surface area contributed by atoms with Crippen molar-refractivity contribution in [2.45, 2.75) is 51.5 Å². The highest BCUT2D eigenvalue weighted by Crippen LogP contribution is 2.40. The smallest absolute Gasteiger partial charge is 0.234 e. The van der Waals surface area contributed by atoms with Crippen molar-refractivity contribution < 1.29 is 9.53 Å². The van der Waals surface area contributed by atoms with Crippen LogP contribution in [0.1, 0.15) is 54.9 Å². The van der Waals surface area contributed by atoms with Gasteiger partial charge in [-0.25, -0.2) is 4.98 Å². The zero-order chi connectivity index (χ0) is 27.6. The van der Waals surface area contributed by atoms with Crippen LogP contribution < -0.4 is 16.0 Å². The van der Waals surface area contributed by atoms with E-state index in [9.17, 15) is 4.79 Å². The van der Waals surface area contributed by atoms with E-state index in [1.807, 2.05) is 26.0 Å². The number of benzene rings is 2. The van der Waals surface area contributed by atoms with Crippen LogP contribution in [0.4, 0.5) is 23.1 Å². The van der Waals surface area contributed by atoms with Crippen LogP contribution in [0.3, 0.4) is 0 Å². The van der Waals surface area contributed by atoms with E-state index in [1.165, 1.54) is 24.0 Å². The van der Waals surface area contributed by atoms with E-state index in [2.05, 4.69) is 73.0 Å². The number of ether oxygens (including phenoxy) is 1. The lowest BCUT2D eigenvalue weighted by molar-refractivity contribution is -0.119. The van der Waals surface area contributed by atoms with Crippen LogP contribution in [0.5, 0.6) is 0 Å². The summed E-state index contributed by atoms with van der Waals surface area (Å²) in [4.78, 5) is 24.2. The molecule has 1 aromatic heterocycles. The fourth-order valence-electron chi connectivity index (χ4n) is 5.62. The molecule has 2 aliphatic rings. The predicted molar refractivity (Wildman–Crippen MR) is 160 cm³/mol. The number of nitrogens with one attached hydrogen (secondary N) is 3. The van der Waals surface area contributed by atoms with Crippen molar-refractivity contribution in [1.82, 2.24) is 14.9 Å². The highest BCUT2D eigenvalue weighted by Gasteiger charge is 2.39. The maximum absolute atomic E-state index is 12.5. The number of aryl methyl sites for hydroxylation is 1. The quantitative estimate of drug-likeness (QED) is 0.282. The normalized spacial score (nSPS) is 17.1. The van der Waals surface area contributed by atoms with Crippen LogP contribution in [-0.2, 0) is 21.5 Å². The first-order chi connectivity index (χ1) is 18.8. The van der Waals surface area contributed by atoms with Gasteiger partial charge < -0.3 is 25.6 Å². The molecule has 3 aromatic rings. The van der Waals surface area contributed by atoms with Gasteiger partial charge in [0.15, 0.2) is 0 Å². The van der Waals surface area contributed by atoms with Crippen LogP contribution >= 0.6 is 15.9 Å². The van der Waals surface area contributed by atoms with E-state index in [-0.39, 0.29) is 5.91 Å². The van der Waals surface area contributed by atoms with Crippen LogP contribution in [0, 0.1) is 6.92 Å². The van der Waals surface area contributed by atoms with E-state index in [0.717, 1.165) is 53.2 Å². The molecule has 0 spiro atoms. The van der Waals surface area contributed by atoms with Crippen molar-refractivity contribution in [2.24, 2.45) is 0 Å². The first kappa shape index (κ1) is 27.6. The molecule has 0 radical (unpaired) electrons. The molecule has 8 nitrogen and oxygen atoms in total. The van der Waals surface area contributed by atoms with Crippen molar-refractivity contribution in [3.8, 4) is 0 Å². The summed E-state index contributed by atoms with van der Waals surface area (Å²) in [5, 5.41) is 9.83. The van der Waals surface area contributed by atoms with Crippen LogP contribution in [-0.4, -0.2) is 54.1 Å². The van der Waals surface area contributed by atoms with Crippen molar-refractivity contribution in [3.05, 3.63) is 69.3 Å². The highest BCUT2D eigenvalue weighted by atomic mass is 79.9. The standard InChI is InChI=1S/C30H37BrN6O2/c1-19-16-21(20-10-12-37(13-11-20)14-15-39-4)8-9-24(19)35-29-33-18-23(31)27(36-29)32-17-22-6-5-7-25-26(22)30(2,3)28(38)34-25/h5-9,16,18,20H,10-15,17H2,1-4H3,(H,34,38)(H2,32,33,35,36). The molecule has 0 aliphatic carbocycles. The van der Waals surface area contributed by atoms with Crippen molar-refractivity contribution in [1.29, 1.82) is 0 Å². The largest absolute Gasteiger partial charge is 0.383 e. The molecule has 0 bridgehead atoms. The monoisotopic (exact) mass is 592 g/mol. The Morgan fingerprint density at radius 3 is 2.74 bits per heavy atom. The molecular weight excluding hydrogens is 556 g/mol. The van der Waals surface area contributed by atoms with Gasteiger partial charge in [0.1, 0.15) is 5.82 Å². The molecule has 5 rings (SSSR count). The lowest BCUT2D eigenvalue weighted by Crippen LogP contribution is -2.35. The molecule has 3 heterocycles. The second-order valence-corrected chi connectivity index (χ2v) is 11.8. The van der Waals surface area contributed by atoms with Gasteiger partial charge in [-0.3, -0.25) is 4.79 Å². The van der Waals surface area contributed by atoms with Crippen LogP contribution in [0.2, 0.25) is 0 Å². The number of carbonyl (C=O) groups excluding carboxylic acids is 1. The maximum Gasteiger partial charge on any atom is 0.234 e. The first-order valence-electron chi connectivity index (χ1n) is 13.6. The van der Waals surface area contributed by atoms with Gasteiger partial charge in [-0.2, -0.15) is 4.98 Å². The minimum atomic E-state index is -0.575. The van der Waals surface area contributed by atoms with E-state index in [0.29, 0.717) is 24.2 Å².